The van der Waals surface area contributed by atoms with Gasteiger partial charge in [-0.25, -0.2) is 5.43 Å². The van der Waals surface area contributed by atoms with Crippen molar-refractivity contribution >= 4 is 5.91 Å². The number of carbonyl (C=O) groups is 1. The average molecular weight is 312 g/mol. The Labute approximate surface area is 135 Å². The normalized spacial score (nSPS) is 23.5. The van der Waals surface area contributed by atoms with E-state index in [0.717, 1.165) is 11.3 Å². The first-order valence-electron chi connectivity index (χ1n) is 7.55. The molecule has 120 valence electrons. The molecule has 0 radical (unpaired) electrons. The van der Waals surface area contributed by atoms with Crippen molar-refractivity contribution < 1.29 is 9.53 Å². The monoisotopic (exact) mass is 312 g/mol. The molecule has 3 rings (SSSR count). The van der Waals surface area contributed by atoms with Gasteiger partial charge in [0, 0.05) is 24.4 Å². The van der Waals surface area contributed by atoms with Gasteiger partial charge < -0.3 is 10.1 Å². The van der Waals surface area contributed by atoms with Gasteiger partial charge in [-0.2, -0.15) is 0 Å². The molecule has 3 atom stereocenters. The predicted molar refractivity (Wildman–Crippen MR) is 87.0 cm³/mol. The Morgan fingerprint density at radius 1 is 1.22 bits per heavy atom. The number of aromatic nitrogens is 1. The molecule has 1 amide bonds. The topological polar surface area (TPSA) is 75.3 Å². The average Bonchev–Trinajstić information content (AvgIpc) is 2.96. The maximum Gasteiger partial charge on any atom is 0.254 e. The molecular formula is C17H20N4O2. The molecule has 2 aromatic rings. The molecule has 23 heavy (non-hydrogen) atoms. The number of rotatable bonds is 4. The second kappa shape index (κ2) is 6.76. The van der Waals surface area contributed by atoms with Crippen LogP contribution in [0.5, 0.6) is 5.75 Å². The van der Waals surface area contributed by atoms with E-state index in [1.54, 1.807) is 31.6 Å². The molecule has 1 saturated heterocycles. The Bertz CT molecular complexity index is 660. The van der Waals surface area contributed by atoms with Gasteiger partial charge in [0.1, 0.15) is 11.9 Å². The molecule has 1 aromatic carbocycles. The van der Waals surface area contributed by atoms with Crippen LogP contribution < -0.4 is 20.9 Å². The van der Waals surface area contributed by atoms with Crippen molar-refractivity contribution in [1.82, 2.24) is 21.2 Å². The summed E-state index contributed by atoms with van der Waals surface area (Å²) in [5, 5.41) is 3.02. The van der Waals surface area contributed by atoms with Crippen molar-refractivity contribution in [1.29, 1.82) is 0 Å². The second-order valence-electron chi connectivity index (χ2n) is 5.57. The maximum atomic E-state index is 12.3. The third-order valence-corrected chi connectivity index (χ3v) is 4.08. The summed E-state index contributed by atoms with van der Waals surface area (Å²) < 4.78 is 5.20. The lowest BCUT2D eigenvalue weighted by Gasteiger charge is -2.22. The smallest absolute Gasteiger partial charge is 0.254 e. The lowest BCUT2D eigenvalue weighted by atomic mass is 9.91. The number of pyridine rings is 1. The quantitative estimate of drug-likeness (QED) is 0.796. The summed E-state index contributed by atoms with van der Waals surface area (Å²) in [6, 6.07) is 11.6. The van der Waals surface area contributed by atoms with Crippen molar-refractivity contribution in [3.05, 3.63) is 59.9 Å². The number of methoxy groups -OCH3 is 1. The summed E-state index contributed by atoms with van der Waals surface area (Å²) in [4.78, 5) is 16.3. The third-order valence-electron chi connectivity index (χ3n) is 4.08. The Morgan fingerprint density at radius 3 is 2.65 bits per heavy atom. The molecule has 6 heteroatoms. The lowest BCUT2D eigenvalue weighted by molar-refractivity contribution is 0.0928. The first kappa shape index (κ1) is 15.5. The summed E-state index contributed by atoms with van der Waals surface area (Å²) in [7, 11) is 1.65. The van der Waals surface area contributed by atoms with Gasteiger partial charge in [-0.15, -0.1) is 0 Å². The van der Waals surface area contributed by atoms with E-state index in [9.17, 15) is 4.79 Å². The van der Waals surface area contributed by atoms with Crippen LogP contribution >= 0.6 is 0 Å². The molecule has 0 spiro atoms. The summed E-state index contributed by atoms with van der Waals surface area (Å²) >= 11 is 0. The summed E-state index contributed by atoms with van der Waals surface area (Å²) in [6.45, 7) is 2.08. The highest BCUT2D eigenvalue weighted by atomic mass is 16.5. The number of carbonyl (C=O) groups excluding carboxylic acids is 1. The summed E-state index contributed by atoms with van der Waals surface area (Å²) in [5.41, 5.74) is 8.02. The van der Waals surface area contributed by atoms with Gasteiger partial charge in [-0.3, -0.25) is 15.2 Å². The van der Waals surface area contributed by atoms with Gasteiger partial charge in [0.05, 0.1) is 12.7 Å². The van der Waals surface area contributed by atoms with Crippen LogP contribution in [0.4, 0.5) is 0 Å². The molecule has 2 heterocycles. The van der Waals surface area contributed by atoms with E-state index in [1.165, 1.54) is 0 Å². The molecule has 3 N–H and O–H groups in total. The molecule has 0 aliphatic carbocycles. The van der Waals surface area contributed by atoms with E-state index in [-0.39, 0.29) is 24.0 Å². The van der Waals surface area contributed by atoms with Gasteiger partial charge in [-0.05, 0) is 36.8 Å². The van der Waals surface area contributed by atoms with Crippen LogP contribution in [0.1, 0.15) is 28.8 Å². The fraction of sp³-hybridized carbons (Fsp3) is 0.294. The van der Waals surface area contributed by atoms with Crippen LogP contribution in [-0.2, 0) is 0 Å². The van der Waals surface area contributed by atoms with E-state index in [1.807, 2.05) is 24.3 Å². The van der Waals surface area contributed by atoms with Gasteiger partial charge in [0.15, 0.2) is 0 Å². The van der Waals surface area contributed by atoms with Gasteiger partial charge >= 0.3 is 0 Å². The zero-order valence-corrected chi connectivity index (χ0v) is 13.1. The highest BCUT2D eigenvalue weighted by Gasteiger charge is 2.35. The molecule has 1 fully saturated rings. The van der Waals surface area contributed by atoms with E-state index in [0.29, 0.717) is 5.56 Å². The van der Waals surface area contributed by atoms with E-state index in [2.05, 4.69) is 28.1 Å². The lowest BCUT2D eigenvalue weighted by Crippen LogP contribution is -2.46. The summed E-state index contributed by atoms with van der Waals surface area (Å²) in [6.07, 6.45) is 3.00. The summed E-state index contributed by atoms with van der Waals surface area (Å²) in [5.74, 6) is 0.780. The first-order valence-corrected chi connectivity index (χ1v) is 7.55. The molecule has 0 bridgehead atoms. The molecule has 1 aromatic heterocycles. The third kappa shape index (κ3) is 3.33. The van der Waals surface area contributed by atoms with Crippen LogP contribution in [-0.4, -0.2) is 30.2 Å². The molecule has 1 aliphatic rings. The van der Waals surface area contributed by atoms with E-state index in [4.69, 9.17) is 4.74 Å². The van der Waals surface area contributed by atoms with Crippen molar-refractivity contribution in [2.24, 2.45) is 0 Å². The van der Waals surface area contributed by atoms with Crippen molar-refractivity contribution in [2.75, 3.05) is 7.11 Å². The van der Waals surface area contributed by atoms with Crippen LogP contribution in [0.2, 0.25) is 0 Å². The maximum absolute atomic E-state index is 12.3. The number of hydrogen-bond acceptors (Lipinski definition) is 5. The highest BCUT2D eigenvalue weighted by molar-refractivity contribution is 5.94. The Kier molecular flexibility index (Phi) is 4.55. The van der Waals surface area contributed by atoms with Crippen LogP contribution in [0.3, 0.4) is 0 Å². The van der Waals surface area contributed by atoms with E-state index < -0.39 is 0 Å². The Morgan fingerprint density at radius 2 is 2.00 bits per heavy atom. The van der Waals surface area contributed by atoms with Crippen LogP contribution in [0.15, 0.2) is 48.8 Å². The largest absolute Gasteiger partial charge is 0.497 e. The molecule has 1 aliphatic heterocycles. The predicted octanol–water partition coefficient (Wildman–Crippen LogP) is 1.43. The number of nitrogens with one attached hydrogen (secondary N) is 3. The fourth-order valence-electron chi connectivity index (χ4n) is 2.84. The number of ether oxygens (including phenoxy) is 1. The number of hydrogen-bond donors (Lipinski definition) is 3. The number of nitrogens with zero attached hydrogens (tertiary/aromatic N) is 1. The SMILES string of the molecule is COc1ccc(C2C(C)NNC2NC(=O)c2cccnc2)cc1. The van der Waals surface area contributed by atoms with Crippen molar-refractivity contribution in [3.8, 4) is 5.75 Å². The Hall–Kier alpha value is -2.44. The van der Waals surface area contributed by atoms with Gasteiger partial charge in [0.25, 0.3) is 5.91 Å². The Balaban J connectivity index is 1.76. The zero-order chi connectivity index (χ0) is 16.2. The van der Waals surface area contributed by atoms with Crippen molar-refractivity contribution in [2.45, 2.75) is 25.0 Å². The highest BCUT2D eigenvalue weighted by Crippen LogP contribution is 2.27. The van der Waals surface area contributed by atoms with Crippen LogP contribution in [0, 0.1) is 0 Å². The fourth-order valence-corrected chi connectivity index (χ4v) is 2.84. The minimum Gasteiger partial charge on any atom is -0.497 e. The van der Waals surface area contributed by atoms with Crippen LogP contribution in [0.25, 0.3) is 0 Å². The zero-order valence-electron chi connectivity index (χ0n) is 13.1. The minimum absolute atomic E-state index is 0.113. The number of amides is 1. The second-order valence-corrected chi connectivity index (χ2v) is 5.57. The van der Waals surface area contributed by atoms with E-state index >= 15 is 0 Å². The molecule has 0 saturated carbocycles. The standard InChI is InChI=1S/C17H20N4O2/c1-11-15(12-5-7-14(23-2)8-6-12)16(21-20-11)19-17(22)13-4-3-9-18-10-13/h3-11,15-16,20-21H,1-2H3,(H,19,22). The van der Waals surface area contributed by atoms with Gasteiger partial charge in [0.2, 0.25) is 0 Å². The van der Waals surface area contributed by atoms with Crippen molar-refractivity contribution in [3.63, 3.8) is 0 Å². The molecule has 6 nitrogen and oxygen atoms in total. The van der Waals surface area contributed by atoms with Gasteiger partial charge in [-0.1, -0.05) is 12.1 Å². The number of benzene rings is 1. The number of hydrazine groups is 1. The molecular weight excluding hydrogens is 292 g/mol. The minimum atomic E-state index is -0.203. The first-order chi connectivity index (χ1) is 11.2. The molecule has 3 unspecified atom stereocenters.